The second kappa shape index (κ2) is 8.19. The molecule has 0 radical (unpaired) electrons. The van der Waals surface area contributed by atoms with Gasteiger partial charge in [0.15, 0.2) is 11.0 Å². The number of amides is 1. The van der Waals surface area contributed by atoms with E-state index >= 15 is 0 Å². The second-order valence-electron chi connectivity index (χ2n) is 5.52. The van der Waals surface area contributed by atoms with Gasteiger partial charge in [-0.2, -0.15) is 0 Å². The van der Waals surface area contributed by atoms with Crippen molar-refractivity contribution in [2.45, 2.75) is 5.16 Å². The third-order valence-corrected chi connectivity index (χ3v) is 4.88. The first-order valence-corrected chi connectivity index (χ1v) is 9.13. The van der Waals surface area contributed by atoms with Crippen LogP contribution in [-0.2, 0) is 11.8 Å². The van der Waals surface area contributed by atoms with E-state index in [0.717, 1.165) is 5.56 Å². The van der Waals surface area contributed by atoms with Gasteiger partial charge in [-0.15, -0.1) is 10.2 Å². The van der Waals surface area contributed by atoms with Crippen LogP contribution in [0.5, 0.6) is 0 Å². The van der Waals surface area contributed by atoms with Crippen LogP contribution < -0.4 is 5.32 Å². The summed E-state index contributed by atoms with van der Waals surface area (Å²) in [4.78, 5) is 22.4. The van der Waals surface area contributed by atoms with Crippen LogP contribution in [0.3, 0.4) is 0 Å². The number of hydrogen-bond acceptors (Lipinski definition) is 6. The number of nitro benzene ring substituents is 1. The topological polar surface area (TPSA) is 103 Å². The minimum atomic E-state index is -0.512. The molecule has 2 aromatic carbocycles. The van der Waals surface area contributed by atoms with E-state index in [1.54, 1.807) is 22.8 Å². The maximum Gasteiger partial charge on any atom is 0.271 e. The Bertz CT molecular complexity index is 990. The van der Waals surface area contributed by atoms with Crippen LogP contribution in [0.2, 0.25) is 5.02 Å². The molecule has 1 N–H and O–H groups in total. The molecule has 3 rings (SSSR count). The van der Waals surface area contributed by atoms with Gasteiger partial charge in [-0.05, 0) is 30.3 Å². The highest BCUT2D eigenvalue weighted by atomic mass is 35.5. The molecule has 8 nitrogen and oxygen atoms in total. The molecule has 0 bridgehead atoms. The fourth-order valence-electron chi connectivity index (χ4n) is 2.32. The summed E-state index contributed by atoms with van der Waals surface area (Å²) in [6, 6.07) is 13.0. The number of anilines is 1. The number of hydrogen-bond donors (Lipinski definition) is 1. The van der Waals surface area contributed by atoms with Gasteiger partial charge < -0.3 is 9.88 Å². The number of halogens is 1. The number of rotatable bonds is 6. The molecule has 0 fully saturated rings. The van der Waals surface area contributed by atoms with Gasteiger partial charge in [0.2, 0.25) is 5.91 Å². The highest BCUT2D eigenvalue weighted by molar-refractivity contribution is 7.99. The molecule has 0 spiro atoms. The molecule has 0 aliphatic rings. The maximum absolute atomic E-state index is 12.1. The summed E-state index contributed by atoms with van der Waals surface area (Å²) < 4.78 is 1.79. The van der Waals surface area contributed by atoms with E-state index in [9.17, 15) is 14.9 Å². The summed E-state index contributed by atoms with van der Waals surface area (Å²) >= 11 is 7.11. The molecule has 0 saturated heterocycles. The van der Waals surface area contributed by atoms with Crippen LogP contribution in [0.25, 0.3) is 11.4 Å². The molecule has 0 saturated carbocycles. The lowest BCUT2D eigenvalue weighted by Crippen LogP contribution is -2.14. The first-order valence-electron chi connectivity index (χ1n) is 7.76. The maximum atomic E-state index is 12.1. The van der Waals surface area contributed by atoms with Crippen molar-refractivity contribution in [3.05, 3.63) is 63.7 Å². The molecule has 27 heavy (non-hydrogen) atoms. The van der Waals surface area contributed by atoms with Crippen molar-refractivity contribution in [2.24, 2.45) is 7.05 Å². The zero-order valence-corrected chi connectivity index (χ0v) is 15.7. The summed E-state index contributed by atoms with van der Waals surface area (Å²) in [5.41, 5.74) is 1.15. The van der Waals surface area contributed by atoms with Gasteiger partial charge in [-0.25, -0.2) is 0 Å². The standard InChI is InChI=1S/C17H14ClN5O3S/c1-22-16(11-5-7-12(18)8-6-11)20-21-17(22)27-10-15(24)19-13-3-2-4-14(9-13)23(25)26/h2-9H,10H2,1H3,(H,19,24). The molecular formula is C17H14ClN5O3S. The van der Waals surface area contributed by atoms with Crippen molar-refractivity contribution in [3.63, 3.8) is 0 Å². The molecule has 1 amide bonds. The van der Waals surface area contributed by atoms with E-state index < -0.39 is 4.92 Å². The first-order chi connectivity index (χ1) is 12.9. The number of benzene rings is 2. The lowest BCUT2D eigenvalue weighted by Gasteiger charge is -2.06. The summed E-state index contributed by atoms with van der Waals surface area (Å²) in [5.74, 6) is 0.458. The number of nitrogens with zero attached hydrogens (tertiary/aromatic N) is 4. The van der Waals surface area contributed by atoms with E-state index in [1.165, 1.54) is 30.0 Å². The predicted octanol–water partition coefficient (Wildman–Crippen LogP) is 3.77. The van der Waals surface area contributed by atoms with Crippen LogP contribution in [0.4, 0.5) is 11.4 Å². The van der Waals surface area contributed by atoms with E-state index in [0.29, 0.717) is 21.7 Å². The van der Waals surface area contributed by atoms with Crippen LogP contribution in [0, 0.1) is 10.1 Å². The number of aromatic nitrogens is 3. The van der Waals surface area contributed by atoms with Gasteiger partial charge in [-0.3, -0.25) is 14.9 Å². The van der Waals surface area contributed by atoms with Crippen LogP contribution in [0.15, 0.2) is 53.7 Å². The van der Waals surface area contributed by atoms with Gasteiger partial charge in [0, 0.05) is 35.5 Å². The fourth-order valence-corrected chi connectivity index (χ4v) is 3.15. The van der Waals surface area contributed by atoms with Crippen LogP contribution in [-0.4, -0.2) is 31.3 Å². The Morgan fingerprint density at radius 1 is 1.26 bits per heavy atom. The molecule has 1 aromatic heterocycles. The van der Waals surface area contributed by atoms with Crippen molar-refractivity contribution in [3.8, 4) is 11.4 Å². The number of thioether (sulfide) groups is 1. The molecule has 3 aromatic rings. The van der Waals surface area contributed by atoms with E-state index in [1.807, 2.05) is 19.2 Å². The average molecular weight is 404 g/mol. The highest BCUT2D eigenvalue weighted by Gasteiger charge is 2.14. The normalized spacial score (nSPS) is 10.6. The summed E-state index contributed by atoms with van der Waals surface area (Å²) in [6.07, 6.45) is 0. The van der Waals surface area contributed by atoms with Gasteiger partial charge >= 0.3 is 0 Å². The monoisotopic (exact) mass is 403 g/mol. The van der Waals surface area contributed by atoms with Crippen molar-refractivity contribution in [1.82, 2.24) is 14.8 Å². The molecule has 0 unspecified atom stereocenters. The lowest BCUT2D eigenvalue weighted by molar-refractivity contribution is -0.384. The Balaban J connectivity index is 1.63. The van der Waals surface area contributed by atoms with Gasteiger partial charge in [0.25, 0.3) is 5.69 Å². The van der Waals surface area contributed by atoms with Crippen LogP contribution in [0.1, 0.15) is 0 Å². The molecule has 138 valence electrons. The zero-order valence-electron chi connectivity index (χ0n) is 14.1. The Kier molecular flexibility index (Phi) is 5.72. The summed E-state index contributed by atoms with van der Waals surface area (Å²) in [5, 5.41) is 22.9. The van der Waals surface area contributed by atoms with E-state index in [4.69, 9.17) is 11.6 Å². The smallest absolute Gasteiger partial charge is 0.271 e. The third-order valence-electron chi connectivity index (χ3n) is 3.61. The van der Waals surface area contributed by atoms with Crippen molar-refractivity contribution in [2.75, 3.05) is 11.1 Å². The molecule has 1 heterocycles. The Morgan fingerprint density at radius 2 is 2.00 bits per heavy atom. The number of carbonyl (C=O) groups is 1. The first kappa shape index (κ1) is 18.9. The Hall–Kier alpha value is -2.91. The SMILES string of the molecule is Cn1c(SCC(=O)Nc2cccc([N+](=O)[O-])c2)nnc1-c1ccc(Cl)cc1. The third kappa shape index (κ3) is 4.63. The summed E-state index contributed by atoms with van der Waals surface area (Å²) in [7, 11) is 1.81. The second-order valence-corrected chi connectivity index (χ2v) is 6.90. The predicted molar refractivity (Wildman–Crippen MR) is 104 cm³/mol. The lowest BCUT2D eigenvalue weighted by atomic mass is 10.2. The highest BCUT2D eigenvalue weighted by Crippen LogP contribution is 2.24. The van der Waals surface area contributed by atoms with Crippen molar-refractivity contribution in [1.29, 1.82) is 0 Å². The van der Waals surface area contributed by atoms with Crippen molar-refractivity contribution < 1.29 is 9.72 Å². The van der Waals surface area contributed by atoms with Crippen molar-refractivity contribution >= 4 is 40.6 Å². The summed E-state index contributed by atoms with van der Waals surface area (Å²) in [6.45, 7) is 0. The van der Waals surface area contributed by atoms with Gasteiger partial charge in [0.1, 0.15) is 0 Å². The quantitative estimate of drug-likeness (QED) is 0.381. The van der Waals surface area contributed by atoms with E-state index in [-0.39, 0.29) is 17.3 Å². The molecule has 0 aliphatic heterocycles. The average Bonchev–Trinajstić information content (AvgIpc) is 3.01. The van der Waals surface area contributed by atoms with Gasteiger partial charge in [0.05, 0.1) is 10.7 Å². The Labute approximate surface area is 163 Å². The molecular weight excluding hydrogens is 390 g/mol. The minimum Gasteiger partial charge on any atom is -0.325 e. The number of nitrogens with one attached hydrogen (secondary N) is 1. The Morgan fingerprint density at radius 3 is 2.70 bits per heavy atom. The van der Waals surface area contributed by atoms with E-state index in [2.05, 4.69) is 15.5 Å². The largest absolute Gasteiger partial charge is 0.325 e. The molecule has 0 aliphatic carbocycles. The molecule has 0 atom stereocenters. The van der Waals surface area contributed by atoms with Crippen LogP contribution >= 0.6 is 23.4 Å². The molecule has 10 heteroatoms. The number of carbonyl (C=O) groups excluding carboxylic acids is 1. The van der Waals surface area contributed by atoms with Gasteiger partial charge in [-0.1, -0.05) is 29.4 Å². The fraction of sp³-hybridized carbons (Fsp3) is 0.118. The number of nitro groups is 1. The minimum absolute atomic E-state index is 0.0821. The number of non-ortho nitro benzene ring substituents is 1. The zero-order chi connectivity index (χ0) is 19.4.